The SMILES string of the molecule is CCCCNC(=O)CC1CC(c2ccc(F)cc2F)=NO1. The zero-order valence-electron chi connectivity index (χ0n) is 11.9. The third kappa shape index (κ3) is 4.24. The summed E-state index contributed by atoms with van der Waals surface area (Å²) in [4.78, 5) is 16.8. The largest absolute Gasteiger partial charge is 0.391 e. The first-order valence-electron chi connectivity index (χ1n) is 7.05. The molecule has 1 aromatic carbocycles. The molecule has 1 aliphatic heterocycles. The van der Waals surface area contributed by atoms with Crippen molar-refractivity contribution < 1.29 is 18.4 Å². The molecule has 1 atom stereocenters. The van der Waals surface area contributed by atoms with Crippen LogP contribution in [0.2, 0.25) is 0 Å². The highest BCUT2D eigenvalue weighted by Crippen LogP contribution is 2.21. The third-order valence-electron chi connectivity index (χ3n) is 3.24. The highest BCUT2D eigenvalue weighted by Gasteiger charge is 2.26. The third-order valence-corrected chi connectivity index (χ3v) is 3.24. The predicted octanol–water partition coefficient (Wildman–Crippen LogP) is 2.76. The van der Waals surface area contributed by atoms with Crippen LogP contribution in [0.25, 0.3) is 0 Å². The van der Waals surface area contributed by atoms with Crippen molar-refractivity contribution in [2.45, 2.75) is 38.7 Å². The van der Waals surface area contributed by atoms with E-state index in [1.54, 1.807) is 0 Å². The molecule has 21 heavy (non-hydrogen) atoms. The predicted molar refractivity (Wildman–Crippen MR) is 74.9 cm³/mol. The molecule has 1 aliphatic rings. The Morgan fingerprint density at radius 2 is 2.29 bits per heavy atom. The Labute approximate surface area is 122 Å². The van der Waals surface area contributed by atoms with Gasteiger partial charge < -0.3 is 10.2 Å². The second kappa shape index (κ2) is 7.15. The lowest BCUT2D eigenvalue weighted by atomic mass is 10.0. The molecule has 0 saturated heterocycles. The van der Waals surface area contributed by atoms with E-state index in [4.69, 9.17) is 4.84 Å². The van der Waals surface area contributed by atoms with Gasteiger partial charge in [0.15, 0.2) is 0 Å². The van der Waals surface area contributed by atoms with Crippen molar-refractivity contribution in [3.05, 3.63) is 35.4 Å². The van der Waals surface area contributed by atoms with Gasteiger partial charge in [0.25, 0.3) is 0 Å². The average molecular weight is 296 g/mol. The number of unbranched alkanes of at least 4 members (excludes halogenated alkanes) is 1. The molecular weight excluding hydrogens is 278 g/mol. The second-order valence-corrected chi connectivity index (χ2v) is 5.00. The molecule has 1 unspecified atom stereocenters. The first kappa shape index (κ1) is 15.4. The van der Waals surface area contributed by atoms with E-state index in [1.165, 1.54) is 12.1 Å². The Kier molecular flexibility index (Phi) is 5.25. The number of nitrogens with one attached hydrogen (secondary N) is 1. The monoisotopic (exact) mass is 296 g/mol. The van der Waals surface area contributed by atoms with Crippen LogP contribution in [-0.4, -0.2) is 24.3 Å². The maximum absolute atomic E-state index is 13.6. The van der Waals surface area contributed by atoms with Gasteiger partial charge in [-0.15, -0.1) is 0 Å². The van der Waals surface area contributed by atoms with Gasteiger partial charge in [-0.05, 0) is 18.6 Å². The lowest BCUT2D eigenvalue weighted by Gasteiger charge is -2.08. The Balaban J connectivity index is 1.86. The summed E-state index contributed by atoms with van der Waals surface area (Å²) in [6, 6.07) is 3.31. The molecule has 0 aliphatic carbocycles. The molecule has 0 bridgehead atoms. The number of oxime groups is 1. The Morgan fingerprint density at radius 3 is 3.00 bits per heavy atom. The molecule has 0 spiro atoms. The van der Waals surface area contributed by atoms with Crippen molar-refractivity contribution in [3.8, 4) is 0 Å². The summed E-state index contributed by atoms with van der Waals surface area (Å²) in [5.41, 5.74) is 0.615. The fraction of sp³-hybridized carbons (Fsp3) is 0.467. The minimum Gasteiger partial charge on any atom is -0.391 e. The number of hydrogen-bond donors (Lipinski definition) is 1. The van der Waals surface area contributed by atoms with Gasteiger partial charge in [-0.3, -0.25) is 4.79 Å². The molecule has 1 N–H and O–H groups in total. The van der Waals surface area contributed by atoms with Crippen molar-refractivity contribution in [2.24, 2.45) is 5.16 Å². The number of benzene rings is 1. The summed E-state index contributed by atoms with van der Waals surface area (Å²) in [7, 11) is 0. The number of halogens is 2. The second-order valence-electron chi connectivity index (χ2n) is 5.00. The van der Waals surface area contributed by atoms with Gasteiger partial charge in [-0.2, -0.15) is 0 Å². The molecule has 1 amide bonds. The van der Waals surface area contributed by atoms with Crippen LogP contribution in [0.5, 0.6) is 0 Å². The van der Waals surface area contributed by atoms with Gasteiger partial charge in [0.05, 0.1) is 12.1 Å². The van der Waals surface area contributed by atoms with Crippen LogP contribution >= 0.6 is 0 Å². The van der Waals surface area contributed by atoms with Gasteiger partial charge in [-0.1, -0.05) is 18.5 Å². The Hall–Kier alpha value is -1.98. The Morgan fingerprint density at radius 1 is 1.48 bits per heavy atom. The van der Waals surface area contributed by atoms with Gasteiger partial charge in [0, 0.05) is 24.6 Å². The fourth-order valence-electron chi connectivity index (χ4n) is 2.10. The number of hydrogen-bond acceptors (Lipinski definition) is 3. The molecule has 0 saturated carbocycles. The van der Waals surface area contributed by atoms with Gasteiger partial charge in [0.2, 0.25) is 5.91 Å². The standard InChI is InChI=1S/C15H18F2N2O2/c1-2-3-6-18-15(20)9-11-8-14(19-21-11)12-5-4-10(16)7-13(12)17/h4-5,7,11H,2-3,6,8-9H2,1H3,(H,18,20). The molecule has 114 valence electrons. The molecule has 1 heterocycles. The summed E-state index contributed by atoms with van der Waals surface area (Å²) >= 11 is 0. The number of rotatable bonds is 6. The zero-order chi connectivity index (χ0) is 15.2. The smallest absolute Gasteiger partial charge is 0.223 e. The molecule has 0 radical (unpaired) electrons. The molecule has 4 nitrogen and oxygen atoms in total. The molecule has 0 aromatic heterocycles. The summed E-state index contributed by atoms with van der Waals surface area (Å²) in [6.45, 7) is 2.69. The van der Waals surface area contributed by atoms with Gasteiger partial charge in [0.1, 0.15) is 17.7 Å². The van der Waals surface area contributed by atoms with Crippen LogP contribution in [-0.2, 0) is 9.63 Å². The van der Waals surface area contributed by atoms with Crippen molar-refractivity contribution in [2.75, 3.05) is 6.54 Å². The summed E-state index contributed by atoms with van der Waals surface area (Å²) < 4.78 is 26.5. The van der Waals surface area contributed by atoms with E-state index >= 15 is 0 Å². The number of carbonyl (C=O) groups excluding carboxylic acids is 1. The molecule has 2 rings (SSSR count). The van der Waals surface area contributed by atoms with Crippen LogP contribution in [0.15, 0.2) is 23.4 Å². The normalized spacial score (nSPS) is 17.3. The maximum atomic E-state index is 13.6. The minimum absolute atomic E-state index is 0.107. The highest BCUT2D eigenvalue weighted by molar-refractivity contribution is 6.01. The number of nitrogens with zero attached hydrogens (tertiary/aromatic N) is 1. The molecule has 0 fully saturated rings. The van der Waals surface area contributed by atoms with Crippen LogP contribution in [0.4, 0.5) is 8.78 Å². The van der Waals surface area contributed by atoms with Crippen molar-refractivity contribution in [1.82, 2.24) is 5.32 Å². The Bertz CT molecular complexity index is 546. The number of amides is 1. The van der Waals surface area contributed by atoms with E-state index < -0.39 is 17.7 Å². The van der Waals surface area contributed by atoms with Gasteiger partial charge >= 0.3 is 0 Å². The van der Waals surface area contributed by atoms with E-state index in [-0.39, 0.29) is 17.9 Å². The first-order valence-corrected chi connectivity index (χ1v) is 7.05. The van der Waals surface area contributed by atoms with E-state index in [2.05, 4.69) is 10.5 Å². The summed E-state index contributed by atoms with van der Waals surface area (Å²) in [6.07, 6.45) is 2.06. The van der Waals surface area contributed by atoms with Crippen LogP contribution < -0.4 is 5.32 Å². The van der Waals surface area contributed by atoms with Crippen molar-refractivity contribution in [3.63, 3.8) is 0 Å². The van der Waals surface area contributed by atoms with Crippen LogP contribution in [0.3, 0.4) is 0 Å². The van der Waals surface area contributed by atoms with Crippen LogP contribution in [0, 0.1) is 11.6 Å². The topological polar surface area (TPSA) is 50.7 Å². The first-order chi connectivity index (χ1) is 10.1. The van der Waals surface area contributed by atoms with E-state index in [0.29, 0.717) is 18.7 Å². The average Bonchev–Trinajstić information content (AvgIpc) is 2.87. The highest BCUT2D eigenvalue weighted by atomic mass is 19.1. The molecule has 6 heteroatoms. The number of carbonyl (C=O) groups is 1. The van der Waals surface area contributed by atoms with E-state index in [9.17, 15) is 13.6 Å². The summed E-state index contributed by atoms with van der Waals surface area (Å²) in [5.74, 6) is -1.42. The van der Waals surface area contributed by atoms with Crippen molar-refractivity contribution in [1.29, 1.82) is 0 Å². The van der Waals surface area contributed by atoms with Crippen molar-refractivity contribution >= 4 is 11.6 Å². The fourth-order valence-corrected chi connectivity index (χ4v) is 2.10. The maximum Gasteiger partial charge on any atom is 0.223 e. The lowest BCUT2D eigenvalue weighted by Crippen LogP contribution is -2.28. The minimum atomic E-state index is -0.676. The summed E-state index contributed by atoms with van der Waals surface area (Å²) in [5, 5.41) is 6.59. The van der Waals surface area contributed by atoms with E-state index in [0.717, 1.165) is 18.9 Å². The zero-order valence-corrected chi connectivity index (χ0v) is 11.9. The van der Waals surface area contributed by atoms with Crippen LogP contribution in [0.1, 0.15) is 38.2 Å². The molecule has 1 aromatic rings. The van der Waals surface area contributed by atoms with Gasteiger partial charge in [-0.25, -0.2) is 8.78 Å². The lowest BCUT2D eigenvalue weighted by molar-refractivity contribution is -0.123. The quantitative estimate of drug-likeness (QED) is 0.821. The molecular formula is C15H18F2N2O2. The van der Waals surface area contributed by atoms with E-state index in [1.807, 2.05) is 6.92 Å².